The van der Waals surface area contributed by atoms with Gasteiger partial charge in [-0.2, -0.15) is 13.1 Å². The summed E-state index contributed by atoms with van der Waals surface area (Å²) in [6, 6.07) is 7.49. The zero-order chi connectivity index (χ0) is 19.8. The number of nitrogen functional groups attached to an aromatic ring is 1. The molecule has 10 heteroatoms. The second-order valence-electron chi connectivity index (χ2n) is 6.92. The van der Waals surface area contributed by atoms with Crippen molar-refractivity contribution in [3.05, 3.63) is 35.7 Å². The van der Waals surface area contributed by atoms with Gasteiger partial charge in [0.1, 0.15) is 0 Å². The third kappa shape index (κ3) is 4.19. The van der Waals surface area contributed by atoms with Crippen LogP contribution in [0.15, 0.2) is 24.3 Å². The van der Waals surface area contributed by atoms with Crippen LogP contribution < -0.4 is 10.5 Å². The number of anilines is 1. The topological polar surface area (TPSA) is 132 Å². The van der Waals surface area contributed by atoms with E-state index in [0.717, 1.165) is 11.2 Å². The zero-order valence-corrected chi connectivity index (χ0v) is 16.2. The molecular weight excluding hydrogens is 370 g/mol. The number of nitrogens with two attached hydrogens (primary N) is 1. The molecule has 27 heavy (non-hydrogen) atoms. The minimum atomic E-state index is -4.37. The van der Waals surface area contributed by atoms with Gasteiger partial charge in [-0.1, -0.05) is 12.1 Å². The Kier molecular flexibility index (Phi) is 5.08. The minimum absolute atomic E-state index is 0.253. The molecule has 0 amide bonds. The molecule has 9 nitrogen and oxygen atoms in total. The van der Waals surface area contributed by atoms with Gasteiger partial charge in [-0.3, -0.25) is 8.95 Å². The number of nitrogens with zero attached hydrogens (tertiary/aromatic N) is 3. The Balaban J connectivity index is 2.24. The van der Waals surface area contributed by atoms with E-state index in [-0.39, 0.29) is 18.8 Å². The first-order valence-corrected chi connectivity index (χ1v) is 9.94. The largest absolute Gasteiger partial charge is 0.381 e. The molecule has 0 atom stereocenters. The predicted octanol–water partition coefficient (Wildman–Crippen LogP) is 1.71. The van der Waals surface area contributed by atoms with Crippen LogP contribution in [0.4, 0.5) is 5.82 Å². The fourth-order valence-corrected chi connectivity index (χ4v) is 3.93. The standard InChI is InChI=1S/C17H23N5O4S/c1-4-26-10-12-14(9-17(2,3)21-27(23,24)25)22-13-8-6-5-7-11(13)19-15(18)16(22)20-12/h5-8,21H,4,9-10H2,1-3H3,(H2,18,19)(H,23,24,25). The van der Waals surface area contributed by atoms with E-state index in [4.69, 9.17) is 10.5 Å². The Labute approximate surface area is 157 Å². The summed E-state index contributed by atoms with van der Waals surface area (Å²) in [5, 5.41) is 0. The van der Waals surface area contributed by atoms with Gasteiger partial charge in [-0.05, 0) is 32.9 Å². The first-order chi connectivity index (χ1) is 12.6. The van der Waals surface area contributed by atoms with Crippen LogP contribution in [0.3, 0.4) is 0 Å². The van der Waals surface area contributed by atoms with Crippen molar-refractivity contribution < 1.29 is 17.7 Å². The minimum Gasteiger partial charge on any atom is -0.381 e. The molecule has 0 aliphatic carbocycles. The Morgan fingerprint density at radius 2 is 2.00 bits per heavy atom. The van der Waals surface area contributed by atoms with Crippen molar-refractivity contribution >= 4 is 32.8 Å². The highest BCUT2D eigenvalue weighted by molar-refractivity contribution is 7.83. The lowest BCUT2D eigenvalue weighted by Crippen LogP contribution is -2.45. The summed E-state index contributed by atoms with van der Waals surface area (Å²) in [5.74, 6) is 0.276. The molecule has 2 heterocycles. The molecule has 3 rings (SSSR count). The maximum atomic E-state index is 11.3. The third-order valence-corrected chi connectivity index (χ3v) is 4.92. The molecular formula is C17H23N5O4S. The number of aromatic nitrogens is 3. The highest BCUT2D eigenvalue weighted by Gasteiger charge is 2.28. The van der Waals surface area contributed by atoms with Crippen LogP contribution in [0, 0.1) is 0 Å². The van der Waals surface area contributed by atoms with E-state index in [0.29, 0.717) is 23.5 Å². The second-order valence-corrected chi connectivity index (χ2v) is 8.08. The summed E-state index contributed by atoms with van der Waals surface area (Å²) < 4.78 is 41.5. The van der Waals surface area contributed by atoms with E-state index in [2.05, 4.69) is 14.7 Å². The smallest absolute Gasteiger partial charge is 0.333 e. The zero-order valence-electron chi connectivity index (χ0n) is 15.4. The van der Waals surface area contributed by atoms with Gasteiger partial charge >= 0.3 is 10.3 Å². The first kappa shape index (κ1) is 19.5. The second kappa shape index (κ2) is 7.04. The van der Waals surface area contributed by atoms with Crippen molar-refractivity contribution in [2.45, 2.75) is 39.3 Å². The molecule has 0 spiro atoms. The SMILES string of the molecule is CCOCc1nc2c(N)nc3ccccc3n2c1CC(C)(C)NS(=O)(=O)O. The first-order valence-electron chi connectivity index (χ1n) is 8.50. The summed E-state index contributed by atoms with van der Waals surface area (Å²) in [5.41, 5.74) is 8.52. The van der Waals surface area contributed by atoms with E-state index >= 15 is 0 Å². The summed E-state index contributed by atoms with van der Waals surface area (Å²) in [6.07, 6.45) is 0.254. The van der Waals surface area contributed by atoms with Crippen LogP contribution in [0.5, 0.6) is 0 Å². The van der Waals surface area contributed by atoms with Crippen molar-refractivity contribution in [2.24, 2.45) is 0 Å². The molecule has 0 fully saturated rings. The van der Waals surface area contributed by atoms with Crippen LogP contribution in [0.1, 0.15) is 32.2 Å². The third-order valence-electron chi connectivity index (χ3n) is 4.11. The van der Waals surface area contributed by atoms with Gasteiger partial charge in [-0.25, -0.2) is 9.97 Å². The molecule has 0 aliphatic rings. The van der Waals surface area contributed by atoms with E-state index in [1.165, 1.54) is 0 Å². The van der Waals surface area contributed by atoms with Gasteiger partial charge in [-0.15, -0.1) is 0 Å². The highest BCUT2D eigenvalue weighted by Crippen LogP contribution is 2.26. The van der Waals surface area contributed by atoms with Crippen LogP contribution >= 0.6 is 0 Å². The summed E-state index contributed by atoms with van der Waals surface area (Å²) in [6.45, 7) is 6.00. The van der Waals surface area contributed by atoms with Crippen molar-refractivity contribution in [3.8, 4) is 0 Å². The molecule has 4 N–H and O–H groups in total. The summed E-state index contributed by atoms with van der Waals surface area (Å²) in [4.78, 5) is 8.99. The Morgan fingerprint density at radius 1 is 1.30 bits per heavy atom. The lowest BCUT2D eigenvalue weighted by molar-refractivity contribution is 0.130. The van der Waals surface area contributed by atoms with Gasteiger partial charge in [0, 0.05) is 18.6 Å². The van der Waals surface area contributed by atoms with Gasteiger partial charge in [0.25, 0.3) is 0 Å². The van der Waals surface area contributed by atoms with E-state index in [1.54, 1.807) is 13.8 Å². The predicted molar refractivity (Wildman–Crippen MR) is 103 cm³/mol. The van der Waals surface area contributed by atoms with Crippen LogP contribution in [-0.2, 0) is 28.1 Å². The summed E-state index contributed by atoms with van der Waals surface area (Å²) >= 11 is 0. The number of nitrogens with one attached hydrogen (secondary N) is 1. The molecule has 0 bridgehead atoms. The van der Waals surface area contributed by atoms with Crippen LogP contribution in [0.25, 0.3) is 16.7 Å². The number of imidazole rings is 1. The molecule has 0 saturated carbocycles. The fourth-order valence-electron chi connectivity index (χ4n) is 3.16. The Morgan fingerprint density at radius 3 is 2.67 bits per heavy atom. The maximum absolute atomic E-state index is 11.3. The number of rotatable bonds is 7. The molecule has 1 aromatic carbocycles. The summed E-state index contributed by atoms with van der Waals surface area (Å²) in [7, 11) is -4.37. The average molecular weight is 393 g/mol. The number of hydrogen-bond acceptors (Lipinski definition) is 6. The fraction of sp³-hybridized carbons (Fsp3) is 0.412. The van der Waals surface area contributed by atoms with Gasteiger partial charge < -0.3 is 10.5 Å². The van der Waals surface area contributed by atoms with Crippen LogP contribution in [-0.4, -0.2) is 39.5 Å². The Bertz CT molecular complexity index is 1090. The van der Waals surface area contributed by atoms with Gasteiger partial charge in [0.2, 0.25) is 0 Å². The number of benzene rings is 1. The average Bonchev–Trinajstić information content (AvgIpc) is 2.89. The molecule has 0 aliphatic heterocycles. The number of fused-ring (bicyclic) bond motifs is 3. The van der Waals surface area contributed by atoms with Crippen molar-refractivity contribution in [2.75, 3.05) is 12.3 Å². The van der Waals surface area contributed by atoms with Crippen molar-refractivity contribution in [1.82, 2.24) is 19.1 Å². The van der Waals surface area contributed by atoms with E-state index < -0.39 is 15.8 Å². The van der Waals surface area contributed by atoms with Gasteiger partial charge in [0.15, 0.2) is 11.5 Å². The Hall–Kier alpha value is -2.27. The van der Waals surface area contributed by atoms with E-state index in [9.17, 15) is 13.0 Å². The molecule has 0 saturated heterocycles. The monoisotopic (exact) mass is 393 g/mol. The normalized spacial score (nSPS) is 12.9. The van der Waals surface area contributed by atoms with Crippen molar-refractivity contribution in [3.63, 3.8) is 0 Å². The number of ether oxygens (including phenoxy) is 1. The molecule has 3 aromatic rings. The molecule has 146 valence electrons. The van der Waals surface area contributed by atoms with Crippen molar-refractivity contribution in [1.29, 1.82) is 0 Å². The van der Waals surface area contributed by atoms with Crippen LogP contribution in [0.2, 0.25) is 0 Å². The quantitative estimate of drug-likeness (QED) is 0.521. The lowest BCUT2D eigenvalue weighted by atomic mass is 9.99. The lowest BCUT2D eigenvalue weighted by Gasteiger charge is -2.24. The van der Waals surface area contributed by atoms with E-state index in [1.807, 2.05) is 35.6 Å². The highest BCUT2D eigenvalue weighted by atomic mass is 32.2. The maximum Gasteiger partial charge on any atom is 0.333 e. The molecule has 0 radical (unpaired) electrons. The molecule has 2 aromatic heterocycles. The number of hydrogen-bond donors (Lipinski definition) is 3. The van der Waals surface area contributed by atoms with Gasteiger partial charge in [0.05, 0.1) is 29.0 Å². The number of para-hydroxylation sites is 2. The molecule has 0 unspecified atom stereocenters.